The third-order valence-corrected chi connectivity index (χ3v) is 11.2. The number of aliphatic hydroxyl groups excluding tert-OH is 1. The molecule has 1 aliphatic rings. The molecule has 1 saturated carbocycles. The summed E-state index contributed by atoms with van der Waals surface area (Å²) >= 11 is 6.65. The van der Waals surface area contributed by atoms with Crippen molar-refractivity contribution in [3.05, 3.63) is 69.9 Å². The van der Waals surface area contributed by atoms with Crippen LogP contribution >= 0.6 is 11.6 Å². The van der Waals surface area contributed by atoms with Gasteiger partial charge in [-0.05, 0) is 55.0 Å². The molecule has 1 aromatic heterocycles. The van der Waals surface area contributed by atoms with Crippen LogP contribution in [0, 0.1) is 5.41 Å². The van der Waals surface area contributed by atoms with Gasteiger partial charge in [0.15, 0.2) is 5.69 Å². The van der Waals surface area contributed by atoms with Crippen molar-refractivity contribution in [2.75, 3.05) is 6.26 Å². The number of benzene rings is 2. The Morgan fingerprint density at radius 1 is 1.15 bits per heavy atom. The lowest BCUT2D eigenvalue weighted by Gasteiger charge is -2.43. The maximum Gasteiger partial charge on any atom is 0.405 e. The SMILES string of the molecule is CCn1nc(C(=O)NCc2ccccc2CC2(OC(N)=O)CC(S(C)(=O)=O)CCC2O)c(Cl)c1-c1ccc(CC(C)(C)C(F)(F)F)cc1OC(F)F. The first-order valence-electron chi connectivity index (χ1n) is 16.2. The molecule has 1 fully saturated rings. The number of hydrogen-bond donors (Lipinski definition) is 3. The third kappa shape index (κ3) is 9.15. The summed E-state index contributed by atoms with van der Waals surface area (Å²) in [6.07, 6.45) is -6.62. The van der Waals surface area contributed by atoms with Crippen molar-refractivity contribution < 1.29 is 54.5 Å². The Kier molecular flexibility index (Phi) is 12.2. The average Bonchev–Trinajstić information content (AvgIpc) is 3.36. The first-order valence-corrected chi connectivity index (χ1v) is 18.5. The van der Waals surface area contributed by atoms with Crippen LogP contribution in [0.2, 0.25) is 5.02 Å². The number of aliphatic hydroxyl groups is 1. The minimum absolute atomic E-state index is 0.0178. The fourth-order valence-electron chi connectivity index (χ4n) is 6.36. The molecule has 18 heteroatoms. The monoisotopic (exact) mass is 778 g/mol. The number of primary amides is 1. The van der Waals surface area contributed by atoms with E-state index in [9.17, 15) is 45.1 Å². The number of rotatable bonds is 13. The zero-order valence-electron chi connectivity index (χ0n) is 28.8. The zero-order valence-corrected chi connectivity index (χ0v) is 30.3. The van der Waals surface area contributed by atoms with E-state index >= 15 is 0 Å². The fourth-order valence-corrected chi connectivity index (χ4v) is 7.84. The van der Waals surface area contributed by atoms with E-state index in [1.165, 1.54) is 16.8 Å². The smallest absolute Gasteiger partial charge is 0.405 e. The Labute approximate surface area is 302 Å². The molecule has 2 amide bonds. The molecule has 1 heterocycles. The average molecular weight is 779 g/mol. The second-order valence-electron chi connectivity index (χ2n) is 13.5. The topological polar surface area (TPSA) is 163 Å². The van der Waals surface area contributed by atoms with Gasteiger partial charge in [-0.25, -0.2) is 13.2 Å². The number of alkyl halides is 5. The normalized spacial score (nSPS) is 19.8. The van der Waals surface area contributed by atoms with Gasteiger partial charge < -0.3 is 25.6 Å². The fraction of sp³-hybridized carbons (Fsp3) is 0.500. The maximum absolute atomic E-state index is 13.6. The summed E-state index contributed by atoms with van der Waals surface area (Å²) < 4.78 is 104. The van der Waals surface area contributed by atoms with Crippen molar-refractivity contribution >= 4 is 33.4 Å². The molecule has 0 aliphatic heterocycles. The van der Waals surface area contributed by atoms with E-state index in [1.807, 2.05) is 0 Å². The highest BCUT2D eigenvalue weighted by Crippen LogP contribution is 2.43. The van der Waals surface area contributed by atoms with Crippen molar-refractivity contribution in [2.24, 2.45) is 11.1 Å². The molecule has 3 aromatic rings. The number of nitrogens with one attached hydrogen (secondary N) is 1. The molecule has 52 heavy (non-hydrogen) atoms. The molecule has 4 rings (SSSR count). The quantitative estimate of drug-likeness (QED) is 0.172. The van der Waals surface area contributed by atoms with Crippen LogP contribution in [0.5, 0.6) is 5.75 Å². The molecular formula is C34H40ClF5N4O7S. The highest BCUT2D eigenvalue weighted by molar-refractivity contribution is 7.91. The molecular weight excluding hydrogens is 739 g/mol. The predicted molar refractivity (Wildman–Crippen MR) is 182 cm³/mol. The maximum atomic E-state index is 13.6. The Bertz CT molecular complexity index is 1900. The van der Waals surface area contributed by atoms with E-state index in [0.717, 1.165) is 26.2 Å². The summed E-state index contributed by atoms with van der Waals surface area (Å²) in [4.78, 5) is 25.5. The Morgan fingerprint density at radius 3 is 2.38 bits per heavy atom. The summed E-state index contributed by atoms with van der Waals surface area (Å²) in [5, 5.41) is 16.8. The van der Waals surface area contributed by atoms with Gasteiger partial charge in [-0.1, -0.05) is 55.8 Å². The van der Waals surface area contributed by atoms with Crippen LogP contribution in [-0.2, 0) is 40.5 Å². The number of hydrogen-bond acceptors (Lipinski definition) is 8. The van der Waals surface area contributed by atoms with Gasteiger partial charge in [0.2, 0.25) is 0 Å². The van der Waals surface area contributed by atoms with Gasteiger partial charge in [0, 0.05) is 37.8 Å². The van der Waals surface area contributed by atoms with E-state index in [4.69, 9.17) is 26.8 Å². The van der Waals surface area contributed by atoms with Gasteiger partial charge in [-0.2, -0.15) is 27.1 Å². The Balaban J connectivity index is 1.64. The lowest BCUT2D eigenvalue weighted by Crippen LogP contribution is -2.55. The second-order valence-corrected chi connectivity index (χ2v) is 16.2. The molecule has 11 nitrogen and oxygen atoms in total. The summed E-state index contributed by atoms with van der Waals surface area (Å²) in [5.74, 6) is -1.23. The number of aryl methyl sites for hydroxylation is 1. The largest absolute Gasteiger partial charge is 0.440 e. The molecule has 0 saturated heterocycles. The highest BCUT2D eigenvalue weighted by atomic mass is 35.5. The van der Waals surface area contributed by atoms with E-state index in [1.54, 1.807) is 31.2 Å². The summed E-state index contributed by atoms with van der Waals surface area (Å²) in [5.41, 5.74) is 2.30. The van der Waals surface area contributed by atoms with Crippen molar-refractivity contribution in [3.8, 4) is 17.0 Å². The number of amides is 2. The Hall–Kier alpha value is -3.96. The number of sulfone groups is 1. The molecule has 0 spiro atoms. The standard InChI is InChI=1S/C34H40ClF5N4O7S/c1-5-44-28(23-12-10-19(14-24(23)50-30(36)37)15-32(2,3)34(38,39)40)26(35)27(43-44)29(46)42-18-21-9-7-6-8-20(21)16-33(51-31(41)47)17-22(52(4,48)49)11-13-25(33)45/h6-10,12,14,22,25,30,45H,5,11,13,15-18H2,1-4H3,(H2,41,47)(H,42,46). The second kappa shape index (κ2) is 15.6. The summed E-state index contributed by atoms with van der Waals surface area (Å²) in [6, 6.07) is 10.3. The molecule has 0 radical (unpaired) electrons. The number of nitrogens with zero attached hydrogens (tertiary/aromatic N) is 2. The number of halogens is 6. The molecule has 3 unspecified atom stereocenters. The number of carbonyl (C=O) groups excluding carboxylic acids is 2. The molecule has 2 aromatic carbocycles. The van der Waals surface area contributed by atoms with E-state index in [0.29, 0.717) is 11.1 Å². The van der Waals surface area contributed by atoms with Crippen molar-refractivity contribution in [3.63, 3.8) is 0 Å². The molecule has 3 atom stereocenters. The first kappa shape index (κ1) is 40.8. The van der Waals surface area contributed by atoms with Crippen LogP contribution in [0.4, 0.5) is 26.7 Å². The van der Waals surface area contributed by atoms with Crippen LogP contribution < -0.4 is 15.8 Å². The number of aromatic nitrogens is 2. The first-order chi connectivity index (χ1) is 24.1. The zero-order chi connectivity index (χ0) is 38.8. The molecule has 1 aliphatic carbocycles. The van der Waals surface area contributed by atoms with E-state index < -0.39 is 69.2 Å². The van der Waals surface area contributed by atoms with Crippen molar-refractivity contribution in [2.45, 2.75) is 95.7 Å². The summed E-state index contributed by atoms with van der Waals surface area (Å²) in [7, 11) is -3.57. The lowest BCUT2D eigenvalue weighted by molar-refractivity contribution is -0.211. The van der Waals surface area contributed by atoms with Gasteiger partial charge in [-0.3, -0.25) is 9.48 Å². The van der Waals surface area contributed by atoms with Gasteiger partial charge in [0.1, 0.15) is 21.2 Å². The van der Waals surface area contributed by atoms with E-state index in [2.05, 4.69) is 10.4 Å². The third-order valence-electron chi connectivity index (χ3n) is 9.24. The number of nitrogens with two attached hydrogens (primary N) is 1. The van der Waals surface area contributed by atoms with Gasteiger partial charge in [0.25, 0.3) is 5.91 Å². The Morgan fingerprint density at radius 2 is 1.81 bits per heavy atom. The molecule has 286 valence electrons. The van der Waals surface area contributed by atoms with Crippen LogP contribution in [-0.4, -0.2) is 71.3 Å². The van der Waals surface area contributed by atoms with Crippen LogP contribution in [0.25, 0.3) is 11.3 Å². The molecule has 4 N–H and O–H groups in total. The highest BCUT2D eigenvalue weighted by Gasteiger charge is 2.49. The van der Waals surface area contributed by atoms with Crippen molar-refractivity contribution in [1.29, 1.82) is 0 Å². The predicted octanol–water partition coefficient (Wildman–Crippen LogP) is 6.22. The van der Waals surface area contributed by atoms with Gasteiger partial charge in [-0.15, -0.1) is 0 Å². The number of ether oxygens (including phenoxy) is 2. The minimum atomic E-state index is -4.57. The van der Waals surface area contributed by atoms with Crippen LogP contribution in [0.3, 0.4) is 0 Å². The lowest BCUT2D eigenvalue weighted by atomic mass is 9.77. The minimum Gasteiger partial charge on any atom is -0.440 e. The number of carbonyl (C=O) groups is 2. The van der Waals surface area contributed by atoms with Gasteiger partial charge >= 0.3 is 18.9 Å². The van der Waals surface area contributed by atoms with Crippen LogP contribution in [0.15, 0.2) is 42.5 Å². The molecule has 0 bridgehead atoms. The van der Waals surface area contributed by atoms with Gasteiger partial charge in [0.05, 0.1) is 27.5 Å². The van der Waals surface area contributed by atoms with E-state index in [-0.39, 0.29) is 66.3 Å². The van der Waals surface area contributed by atoms with Crippen molar-refractivity contribution in [1.82, 2.24) is 15.1 Å². The summed E-state index contributed by atoms with van der Waals surface area (Å²) in [6.45, 7) is 0.269. The van der Waals surface area contributed by atoms with Crippen LogP contribution in [0.1, 0.15) is 67.2 Å².